The Balaban J connectivity index is 3.63. The fraction of sp³-hybridized carbons (Fsp3) is 0.625. The van der Waals surface area contributed by atoms with E-state index < -0.39 is 24.1 Å². The van der Waals surface area contributed by atoms with Crippen molar-refractivity contribution in [3.05, 3.63) is 25.3 Å². The predicted molar refractivity (Wildman–Crippen MR) is 85.1 cm³/mol. The molecular formula is C16H26O8. The van der Waals surface area contributed by atoms with E-state index in [0.29, 0.717) is 13.2 Å². The molecule has 0 saturated heterocycles. The third-order valence-electron chi connectivity index (χ3n) is 2.59. The van der Waals surface area contributed by atoms with E-state index in [1.807, 2.05) is 6.92 Å². The Morgan fingerprint density at radius 3 is 1.54 bits per heavy atom. The van der Waals surface area contributed by atoms with Crippen LogP contribution in [0.15, 0.2) is 25.3 Å². The summed E-state index contributed by atoms with van der Waals surface area (Å²) in [6, 6.07) is 0. The first kappa shape index (κ1) is 22.3. The van der Waals surface area contributed by atoms with Gasteiger partial charge in [0.05, 0.1) is 26.4 Å². The second-order valence-corrected chi connectivity index (χ2v) is 5.16. The Bertz CT molecular complexity index is 360. The van der Waals surface area contributed by atoms with Gasteiger partial charge in [0, 0.05) is 18.1 Å². The zero-order chi connectivity index (χ0) is 18.4. The van der Waals surface area contributed by atoms with Gasteiger partial charge in [0.2, 0.25) is 0 Å². The van der Waals surface area contributed by atoms with Crippen molar-refractivity contribution in [2.24, 2.45) is 5.92 Å². The van der Waals surface area contributed by atoms with Crippen LogP contribution in [0, 0.1) is 5.92 Å². The van der Waals surface area contributed by atoms with Gasteiger partial charge < -0.3 is 29.2 Å². The molecule has 8 nitrogen and oxygen atoms in total. The van der Waals surface area contributed by atoms with Gasteiger partial charge in [-0.2, -0.15) is 0 Å². The minimum absolute atomic E-state index is 0.0227. The van der Waals surface area contributed by atoms with Crippen LogP contribution in [-0.4, -0.2) is 74.0 Å². The molecular weight excluding hydrogens is 320 g/mol. The summed E-state index contributed by atoms with van der Waals surface area (Å²) in [6.45, 7) is 8.73. The first-order valence-corrected chi connectivity index (χ1v) is 7.49. The van der Waals surface area contributed by atoms with Gasteiger partial charge >= 0.3 is 11.9 Å². The fourth-order valence-electron chi connectivity index (χ4n) is 1.43. The normalized spacial score (nSPS) is 14.3. The number of carbonyl (C=O) groups is 2. The van der Waals surface area contributed by atoms with Crippen molar-refractivity contribution in [3.8, 4) is 0 Å². The van der Waals surface area contributed by atoms with Crippen molar-refractivity contribution < 1.29 is 38.7 Å². The van der Waals surface area contributed by atoms with E-state index >= 15 is 0 Å². The van der Waals surface area contributed by atoms with E-state index in [4.69, 9.17) is 9.47 Å². The molecule has 138 valence electrons. The van der Waals surface area contributed by atoms with E-state index in [1.54, 1.807) is 0 Å². The Labute approximate surface area is 141 Å². The van der Waals surface area contributed by atoms with Gasteiger partial charge in [-0.15, -0.1) is 0 Å². The van der Waals surface area contributed by atoms with Crippen LogP contribution >= 0.6 is 0 Å². The highest BCUT2D eigenvalue weighted by Gasteiger charge is 2.11. The van der Waals surface area contributed by atoms with E-state index in [1.165, 1.54) is 0 Å². The molecule has 0 spiro atoms. The molecule has 2 N–H and O–H groups in total. The Morgan fingerprint density at radius 2 is 1.21 bits per heavy atom. The molecule has 0 saturated carbocycles. The van der Waals surface area contributed by atoms with Crippen LogP contribution < -0.4 is 0 Å². The molecule has 0 fully saturated rings. The Hall–Kier alpha value is -1.74. The highest BCUT2D eigenvalue weighted by molar-refractivity contribution is 5.81. The highest BCUT2D eigenvalue weighted by Crippen LogP contribution is 2.00. The number of rotatable bonds is 14. The molecule has 0 rings (SSSR count). The average molecular weight is 346 g/mol. The van der Waals surface area contributed by atoms with Gasteiger partial charge in [-0.3, -0.25) is 0 Å². The second kappa shape index (κ2) is 13.7. The van der Waals surface area contributed by atoms with Crippen molar-refractivity contribution in [1.29, 1.82) is 0 Å². The molecule has 0 amide bonds. The molecule has 0 aromatic rings. The maximum Gasteiger partial charge on any atom is 0.330 e. The van der Waals surface area contributed by atoms with Crippen LogP contribution in [0.5, 0.6) is 0 Å². The Kier molecular flexibility index (Phi) is 12.7. The van der Waals surface area contributed by atoms with Crippen LogP contribution in [0.4, 0.5) is 0 Å². The number of hydrogen-bond donors (Lipinski definition) is 2. The monoisotopic (exact) mass is 346 g/mol. The highest BCUT2D eigenvalue weighted by atomic mass is 16.6. The molecule has 0 radical (unpaired) electrons. The number of aliphatic hydroxyl groups excluding tert-OH is 2. The minimum Gasteiger partial charge on any atom is -0.460 e. The van der Waals surface area contributed by atoms with Crippen molar-refractivity contribution >= 4 is 11.9 Å². The van der Waals surface area contributed by atoms with E-state index in [0.717, 1.165) is 12.2 Å². The number of hydrogen-bond acceptors (Lipinski definition) is 8. The van der Waals surface area contributed by atoms with Crippen molar-refractivity contribution in [2.75, 3.05) is 39.6 Å². The molecule has 0 heterocycles. The molecule has 0 bridgehead atoms. The van der Waals surface area contributed by atoms with E-state index in [-0.39, 0.29) is 32.3 Å². The standard InChI is InChI=1S/C16H26O8/c1-4-15(19)23-10-13(17)8-21-6-12(3)7-22-9-14(18)11-24-16(20)5-2/h4-5,12-14,17-18H,1-2,6-11H2,3H3. The maximum atomic E-state index is 10.8. The molecule has 24 heavy (non-hydrogen) atoms. The number of esters is 2. The average Bonchev–Trinajstić information content (AvgIpc) is 2.57. The number of aliphatic hydroxyl groups is 2. The summed E-state index contributed by atoms with van der Waals surface area (Å²) in [5.74, 6) is -1.18. The van der Waals surface area contributed by atoms with Gasteiger partial charge in [-0.05, 0) is 0 Å². The lowest BCUT2D eigenvalue weighted by Crippen LogP contribution is -2.27. The van der Waals surface area contributed by atoms with Crippen LogP contribution in [-0.2, 0) is 28.5 Å². The zero-order valence-corrected chi connectivity index (χ0v) is 13.9. The molecule has 2 atom stereocenters. The van der Waals surface area contributed by atoms with Crippen molar-refractivity contribution in [1.82, 2.24) is 0 Å². The lowest BCUT2D eigenvalue weighted by atomic mass is 10.2. The SMILES string of the molecule is C=CC(=O)OCC(O)COCC(C)COCC(O)COC(=O)C=C. The maximum absolute atomic E-state index is 10.8. The second-order valence-electron chi connectivity index (χ2n) is 5.16. The first-order valence-electron chi connectivity index (χ1n) is 7.49. The molecule has 0 aromatic carbocycles. The molecule has 0 aliphatic heterocycles. The first-order chi connectivity index (χ1) is 11.4. The van der Waals surface area contributed by atoms with E-state index in [9.17, 15) is 19.8 Å². The fourth-order valence-corrected chi connectivity index (χ4v) is 1.43. The lowest BCUT2D eigenvalue weighted by Gasteiger charge is -2.16. The van der Waals surface area contributed by atoms with Crippen LogP contribution in [0.1, 0.15) is 6.92 Å². The third kappa shape index (κ3) is 12.8. The minimum atomic E-state index is -0.914. The largest absolute Gasteiger partial charge is 0.460 e. The quantitative estimate of drug-likeness (QED) is 0.330. The summed E-state index contributed by atoms with van der Waals surface area (Å²) in [5.41, 5.74) is 0. The molecule has 0 aromatic heterocycles. The van der Waals surface area contributed by atoms with Gasteiger partial charge in [0.1, 0.15) is 25.4 Å². The summed E-state index contributed by atoms with van der Waals surface area (Å²) in [4.78, 5) is 21.6. The van der Waals surface area contributed by atoms with Crippen LogP contribution in [0.25, 0.3) is 0 Å². The number of carbonyl (C=O) groups excluding carboxylic acids is 2. The van der Waals surface area contributed by atoms with Crippen LogP contribution in [0.2, 0.25) is 0 Å². The lowest BCUT2D eigenvalue weighted by molar-refractivity contribution is -0.142. The zero-order valence-electron chi connectivity index (χ0n) is 13.9. The summed E-state index contributed by atoms with van der Waals surface area (Å²) in [7, 11) is 0. The van der Waals surface area contributed by atoms with Crippen LogP contribution in [0.3, 0.4) is 0 Å². The van der Waals surface area contributed by atoms with Gasteiger partial charge in [0.15, 0.2) is 0 Å². The predicted octanol–water partition coefficient (Wildman–Crippen LogP) is -0.164. The van der Waals surface area contributed by atoms with Gasteiger partial charge in [0.25, 0.3) is 0 Å². The molecule has 0 aliphatic rings. The number of ether oxygens (including phenoxy) is 4. The summed E-state index contributed by atoms with van der Waals surface area (Å²) in [6.07, 6.45) is 0.200. The summed E-state index contributed by atoms with van der Waals surface area (Å²) < 4.78 is 19.9. The van der Waals surface area contributed by atoms with E-state index in [2.05, 4.69) is 22.6 Å². The smallest absolute Gasteiger partial charge is 0.330 e. The van der Waals surface area contributed by atoms with Crippen molar-refractivity contribution in [3.63, 3.8) is 0 Å². The molecule has 8 heteroatoms. The summed E-state index contributed by atoms with van der Waals surface area (Å²) in [5, 5.41) is 19.1. The Morgan fingerprint density at radius 1 is 0.833 bits per heavy atom. The topological polar surface area (TPSA) is 112 Å². The third-order valence-corrected chi connectivity index (χ3v) is 2.59. The molecule has 2 unspecified atom stereocenters. The summed E-state index contributed by atoms with van der Waals surface area (Å²) >= 11 is 0. The molecule has 0 aliphatic carbocycles. The van der Waals surface area contributed by atoms with Gasteiger partial charge in [-0.1, -0.05) is 20.1 Å². The van der Waals surface area contributed by atoms with Gasteiger partial charge in [-0.25, -0.2) is 9.59 Å². The van der Waals surface area contributed by atoms with Crippen molar-refractivity contribution in [2.45, 2.75) is 19.1 Å².